The van der Waals surface area contributed by atoms with Crippen molar-refractivity contribution in [3.8, 4) is 11.1 Å². The number of hydrogen-bond acceptors (Lipinski definition) is 17. The van der Waals surface area contributed by atoms with Gasteiger partial charge in [-0.25, -0.2) is 10.5 Å². The highest BCUT2D eigenvalue weighted by atomic mass is 32.2. The van der Waals surface area contributed by atoms with Crippen molar-refractivity contribution < 1.29 is 66.5 Å². The van der Waals surface area contributed by atoms with Crippen LogP contribution in [0.2, 0.25) is 0 Å². The number of rotatable bonds is 21. The number of carbonyl (C=O) groups is 4. The van der Waals surface area contributed by atoms with Gasteiger partial charge in [0.1, 0.15) is 4.90 Å². The van der Waals surface area contributed by atoms with Crippen molar-refractivity contribution in [2.75, 3.05) is 23.7 Å². The Kier molecular flexibility index (Phi) is 14.7. The van der Waals surface area contributed by atoms with Crippen LogP contribution in [0, 0.1) is 0 Å². The van der Waals surface area contributed by atoms with Gasteiger partial charge in [-0.15, -0.1) is 8.67 Å². The molecule has 0 aliphatic heterocycles. The van der Waals surface area contributed by atoms with E-state index >= 15 is 0 Å². The lowest BCUT2D eigenvalue weighted by Crippen LogP contribution is -2.29. The highest BCUT2D eigenvalue weighted by Crippen LogP contribution is 2.45. The third kappa shape index (κ3) is 10.2. The van der Waals surface area contributed by atoms with Crippen LogP contribution in [0.3, 0.4) is 0 Å². The average molecular weight is 897 g/mol. The quantitative estimate of drug-likeness (QED) is 0.0103. The SMILES string of the molecule is Cn1c(=O)c(C(=O)c2cccc(SOOO)c2)c2c3c(c(Nc4cc(NC(=O)CCNCCCCCC(=O)O)c(S(=O)(=O)O)cc4SOOO)ccc31)C(=O)c1ccccc1-2. The van der Waals surface area contributed by atoms with Crippen LogP contribution in [0.5, 0.6) is 0 Å². The number of aryl methyl sites for hydroxylation is 1. The van der Waals surface area contributed by atoms with Gasteiger partial charge in [0, 0.05) is 53.4 Å². The summed E-state index contributed by atoms with van der Waals surface area (Å²) in [5, 5.41) is 42.7. The number of aliphatic carboxylic acids is 1. The van der Waals surface area contributed by atoms with Crippen LogP contribution >= 0.6 is 24.1 Å². The number of carbonyl (C=O) groups excluding carboxylic acids is 3. The fraction of sp³-hybridized carbons (Fsp3) is 0.205. The molecule has 0 radical (unpaired) electrons. The number of nitrogens with zero attached hydrogens (tertiary/aromatic N) is 1. The first kappa shape index (κ1) is 45.0. The molecule has 61 heavy (non-hydrogen) atoms. The molecule has 22 heteroatoms. The van der Waals surface area contributed by atoms with Gasteiger partial charge >= 0.3 is 5.97 Å². The maximum absolute atomic E-state index is 14.5. The molecule has 0 saturated heterocycles. The Balaban J connectivity index is 1.43. The van der Waals surface area contributed by atoms with Crippen LogP contribution in [-0.4, -0.2) is 69.7 Å². The summed E-state index contributed by atoms with van der Waals surface area (Å²) in [6.45, 7) is 0.686. The number of ketones is 2. The first-order valence-corrected chi connectivity index (χ1v) is 21.1. The number of hydrogen-bond donors (Lipinski definition) is 7. The van der Waals surface area contributed by atoms with E-state index in [9.17, 15) is 36.9 Å². The molecule has 1 amide bonds. The molecule has 0 unspecified atom stereocenters. The van der Waals surface area contributed by atoms with Gasteiger partial charge in [0.05, 0.1) is 62.7 Å². The molecule has 5 aromatic rings. The third-order valence-corrected chi connectivity index (χ3v) is 11.7. The topological polar surface area (TPSA) is 278 Å². The molecule has 6 rings (SSSR count). The molecule has 0 atom stereocenters. The minimum Gasteiger partial charge on any atom is -0.481 e. The summed E-state index contributed by atoms with van der Waals surface area (Å²) >= 11 is 0.928. The third-order valence-electron chi connectivity index (χ3n) is 9.55. The van der Waals surface area contributed by atoms with Crippen molar-refractivity contribution in [3.63, 3.8) is 0 Å². The zero-order valence-corrected chi connectivity index (χ0v) is 34.3. The van der Waals surface area contributed by atoms with Gasteiger partial charge in [-0.2, -0.15) is 8.42 Å². The second-order valence-corrected chi connectivity index (χ2v) is 16.3. The average Bonchev–Trinajstić information content (AvgIpc) is 3.23. The summed E-state index contributed by atoms with van der Waals surface area (Å²) in [7, 11) is -3.56. The molecule has 1 aromatic heterocycles. The number of benzene rings is 4. The largest absolute Gasteiger partial charge is 0.481 e. The Morgan fingerprint density at radius 3 is 2.25 bits per heavy atom. The van der Waals surface area contributed by atoms with Gasteiger partial charge in [0.15, 0.2) is 11.6 Å². The monoisotopic (exact) mass is 896 g/mol. The van der Waals surface area contributed by atoms with E-state index in [2.05, 4.69) is 34.7 Å². The van der Waals surface area contributed by atoms with Gasteiger partial charge in [-0.05, 0) is 61.3 Å². The first-order valence-electron chi connectivity index (χ1n) is 18.2. The molecule has 7 N–H and O–H groups in total. The van der Waals surface area contributed by atoms with Crippen LogP contribution in [0.4, 0.5) is 17.1 Å². The lowest BCUT2D eigenvalue weighted by Gasteiger charge is -2.26. The molecular weight excluding hydrogens is 861 g/mol. The van der Waals surface area contributed by atoms with E-state index in [4.69, 9.17) is 15.6 Å². The molecule has 0 bridgehead atoms. The number of unbranched alkanes of at least 4 members (excludes halogenated alkanes) is 2. The zero-order valence-electron chi connectivity index (χ0n) is 31.8. The molecule has 1 heterocycles. The maximum Gasteiger partial charge on any atom is 0.303 e. The van der Waals surface area contributed by atoms with Crippen molar-refractivity contribution in [2.45, 2.75) is 46.8 Å². The van der Waals surface area contributed by atoms with E-state index in [1.165, 1.54) is 41.9 Å². The number of carboxylic acids is 1. The van der Waals surface area contributed by atoms with E-state index in [1.807, 2.05) is 0 Å². The van der Waals surface area contributed by atoms with Gasteiger partial charge < -0.3 is 25.6 Å². The number of nitrogens with one attached hydrogen (secondary N) is 3. The molecule has 1 aliphatic carbocycles. The Morgan fingerprint density at radius 2 is 1.52 bits per heavy atom. The second kappa shape index (κ2) is 19.9. The van der Waals surface area contributed by atoms with Crippen LogP contribution in [0.15, 0.2) is 92.3 Å². The lowest BCUT2D eigenvalue weighted by molar-refractivity contribution is -0.432. The molecular formula is C39H36N4O15S3. The predicted octanol–water partition coefficient (Wildman–Crippen LogP) is 6.39. The number of amides is 1. The van der Waals surface area contributed by atoms with Crippen LogP contribution in [-0.2, 0) is 45.5 Å². The van der Waals surface area contributed by atoms with Gasteiger partial charge in [-0.1, -0.05) is 52.9 Å². The Morgan fingerprint density at radius 1 is 0.787 bits per heavy atom. The number of fused-ring (bicyclic) bond motifs is 2. The highest BCUT2D eigenvalue weighted by molar-refractivity contribution is 7.95. The van der Waals surface area contributed by atoms with Crippen molar-refractivity contribution in [1.82, 2.24) is 9.88 Å². The fourth-order valence-electron chi connectivity index (χ4n) is 6.85. The summed E-state index contributed by atoms with van der Waals surface area (Å²) in [6, 6.07) is 17.6. The van der Waals surface area contributed by atoms with E-state index in [0.717, 1.165) is 12.1 Å². The van der Waals surface area contributed by atoms with Crippen LogP contribution in [0.25, 0.3) is 22.0 Å². The van der Waals surface area contributed by atoms with Gasteiger partial charge in [-0.3, -0.25) is 28.5 Å². The number of aromatic nitrogens is 1. The summed E-state index contributed by atoms with van der Waals surface area (Å²) in [5.41, 5.74) is -0.190. The first-order chi connectivity index (χ1) is 29.2. The van der Waals surface area contributed by atoms with Crippen LogP contribution < -0.4 is 21.5 Å². The summed E-state index contributed by atoms with van der Waals surface area (Å²) in [4.78, 5) is 66.4. The molecule has 0 fully saturated rings. The lowest BCUT2D eigenvalue weighted by atomic mass is 9.80. The van der Waals surface area contributed by atoms with Gasteiger partial charge in [0.2, 0.25) is 5.91 Å². The smallest absolute Gasteiger partial charge is 0.303 e. The number of anilines is 3. The Labute approximate surface area is 354 Å². The van der Waals surface area contributed by atoms with Gasteiger partial charge in [0.25, 0.3) is 15.7 Å². The Hall–Kier alpha value is -5.50. The second-order valence-electron chi connectivity index (χ2n) is 13.4. The van der Waals surface area contributed by atoms with E-state index in [0.29, 0.717) is 60.4 Å². The van der Waals surface area contributed by atoms with E-state index < -0.39 is 44.0 Å². The summed E-state index contributed by atoms with van der Waals surface area (Å²) in [5.74, 6) is -2.72. The van der Waals surface area contributed by atoms with Crippen molar-refractivity contribution in [2.24, 2.45) is 7.05 Å². The molecule has 19 nitrogen and oxygen atoms in total. The summed E-state index contributed by atoms with van der Waals surface area (Å²) in [6.07, 6.45) is 1.77. The van der Waals surface area contributed by atoms with Crippen LogP contribution in [0.1, 0.15) is 63.9 Å². The molecule has 320 valence electrons. The normalized spacial score (nSPS) is 12.0. The minimum absolute atomic E-state index is 0.0161. The van der Waals surface area contributed by atoms with E-state index in [-0.39, 0.29) is 80.1 Å². The number of pyridine rings is 1. The van der Waals surface area contributed by atoms with E-state index in [1.54, 1.807) is 30.3 Å². The zero-order chi connectivity index (χ0) is 43.8. The predicted molar refractivity (Wildman–Crippen MR) is 221 cm³/mol. The minimum atomic E-state index is -5.01. The molecule has 0 spiro atoms. The molecule has 4 aromatic carbocycles. The van der Waals surface area contributed by atoms with Crippen molar-refractivity contribution in [3.05, 3.63) is 105 Å². The van der Waals surface area contributed by atoms with Crippen molar-refractivity contribution >= 4 is 85.6 Å². The highest BCUT2D eigenvalue weighted by Gasteiger charge is 2.34. The molecule has 0 saturated carbocycles. The summed E-state index contributed by atoms with van der Waals surface area (Å²) < 4.78 is 45.8. The van der Waals surface area contributed by atoms with Crippen molar-refractivity contribution in [1.29, 1.82) is 0 Å². The standard InChI is InChI=1S/C39H36N4O15S3/c1-43-28-14-13-25(41-26-19-27(30(61(52,53)54)20-29(26)60-58-56-51)42-31(44)15-17-40-16-6-2-3-12-32(45)46)34-35(28)33(23-10-4-5-11-24(23)38(34)48)36(39(43)49)37(47)21-8-7-9-22(18-21)59-57-55-50/h4-5,7-11,13-14,18-20,40-41,50-51H,2-3,6,12,15-17H2,1H3,(H,42,44)(H,45,46)(H,52,53,54). The Bertz CT molecular complexity index is 2710. The maximum atomic E-state index is 14.5. The fourth-order valence-corrected chi connectivity index (χ4v) is 8.47. The number of carboxylic acid groups (broad SMARTS) is 1. The molecule has 1 aliphatic rings.